The first kappa shape index (κ1) is 20.6. The summed E-state index contributed by atoms with van der Waals surface area (Å²) >= 11 is 0. The van der Waals surface area contributed by atoms with E-state index in [-0.39, 0.29) is 60.4 Å². The molecule has 32 heavy (non-hydrogen) atoms. The van der Waals surface area contributed by atoms with Crippen molar-refractivity contribution in [1.82, 2.24) is 9.13 Å². The van der Waals surface area contributed by atoms with Crippen molar-refractivity contribution < 1.29 is 24.1 Å². The lowest BCUT2D eigenvalue weighted by Crippen LogP contribution is -2.44. The van der Waals surface area contributed by atoms with E-state index in [1.165, 1.54) is 16.7 Å². The van der Waals surface area contributed by atoms with Gasteiger partial charge in [0.05, 0.1) is 34.6 Å². The molecule has 0 fully saturated rings. The van der Waals surface area contributed by atoms with Gasteiger partial charge < -0.3 is 24.1 Å². The number of ether oxygens (including phenoxy) is 1. The maximum atomic E-state index is 14.3. The number of nitrogens with zero attached hydrogens (tertiary/aromatic N) is 2. The molecule has 0 spiro atoms. The fourth-order valence-corrected chi connectivity index (χ4v) is 4.97. The number of pyridine rings is 2. The van der Waals surface area contributed by atoms with E-state index < -0.39 is 28.4 Å². The number of rotatable bonds is 3. The third-order valence-corrected chi connectivity index (χ3v) is 6.64. The minimum atomic E-state index is -1.98. The summed E-state index contributed by atoms with van der Waals surface area (Å²) in [5, 5.41) is 20.5. The van der Waals surface area contributed by atoms with Gasteiger partial charge in [-0.05, 0) is 36.6 Å². The van der Waals surface area contributed by atoms with Gasteiger partial charge in [-0.25, -0.2) is 9.18 Å². The Balaban J connectivity index is 1.88. The van der Waals surface area contributed by atoms with E-state index in [2.05, 4.69) is 0 Å². The number of esters is 1. The van der Waals surface area contributed by atoms with E-state index >= 15 is 0 Å². The van der Waals surface area contributed by atoms with Gasteiger partial charge in [-0.2, -0.15) is 0 Å². The van der Waals surface area contributed by atoms with E-state index in [9.17, 15) is 29.0 Å². The van der Waals surface area contributed by atoms with Crippen molar-refractivity contribution in [2.24, 2.45) is 7.05 Å². The lowest BCUT2D eigenvalue weighted by molar-refractivity contribution is -0.172. The molecule has 2 N–H and O–H groups in total. The number of hydrogen-bond acceptors (Lipinski definition) is 6. The van der Waals surface area contributed by atoms with Crippen molar-refractivity contribution in [3.05, 3.63) is 67.0 Å². The molecule has 3 aromatic rings. The number of aliphatic hydroxyl groups is 2. The SMILES string of the molecule is CC[C@@]1(O)C(=O)OCc2c1cc1n(c2=O)Cc2c-1c(=O)c1cc(F)cc(CCO)c1n2C. The first-order chi connectivity index (χ1) is 15.2. The molecule has 1 aromatic carbocycles. The van der Waals surface area contributed by atoms with E-state index in [4.69, 9.17) is 4.74 Å². The quantitative estimate of drug-likeness (QED) is 0.461. The second-order valence-electron chi connectivity index (χ2n) is 8.25. The average molecular weight is 440 g/mol. The highest BCUT2D eigenvalue weighted by molar-refractivity contribution is 5.89. The zero-order chi connectivity index (χ0) is 22.9. The van der Waals surface area contributed by atoms with Gasteiger partial charge in [-0.3, -0.25) is 9.59 Å². The second kappa shape index (κ2) is 6.85. The molecule has 2 aliphatic heterocycles. The molecule has 0 saturated carbocycles. The van der Waals surface area contributed by atoms with Crippen LogP contribution in [0.1, 0.15) is 35.7 Å². The number of aryl methyl sites for hydroxylation is 1. The lowest BCUT2D eigenvalue weighted by Gasteiger charge is -2.31. The molecule has 8 nitrogen and oxygen atoms in total. The van der Waals surface area contributed by atoms with Crippen LogP contribution in [0.15, 0.2) is 27.8 Å². The summed E-state index contributed by atoms with van der Waals surface area (Å²) < 4.78 is 22.5. The fraction of sp³-hybridized carbons (Fsp3) is 0.348. The monoisotopic (exact) mass is 440 g/mol. The molecule has 0 saturated heterocycles. The predicted octanol–water partition coefficient (Wildman–Crippen LogP) is 1.06. The Morgan fingerprint density at radius 3 is 2.66 bits per heavy atom. The molecule has 0 aliphatic carbocycles. The van der Waals surface area contributed by atoms with Crippen molar-refractivity contribution in [1.29, 1.82) is 0 Å². The maximum absolute atomic E-state index is 14.3. The maximum Gasteiger partial charge on any atom is 0.343 e. The summed E-state index contributed by atoms with van der Waals surface area (Å²) in [4.78, 5) is 39.1. The summed E-state index contributed by atoms with van der Waals surface area (Å²) in [6, 6.07) is 3.95. The average Bonchev–Trinajstić information content (AvgIpc) is 3.15. The van der Waals surface area contributed by atoms with Crippen LogP contribution in [-0.4, -0.2) is 31.9 Å². The minimum Gasteiger partial charge on any atom is -0.458 e. The molecule has 2 aromatic heterocycles. The third kappa shape index (κ3) is 2.52. The fourth-order valence-electron chi connectivity index (χ4n) is 4.97. The molecule has 0 radical (unpaired) electrons. The largest absolute Gasteiger partial charge is 0.458 e. The number of halogens is 1. The van der Waals surface area contributed by atoms with E-state index in [0.29, 0.717) is 16.8 Å². The van der Waals surface area contributed by atoms with Crippen LogP contribution in [0, 0.1) is 5.82 Å². The molecule has 1 atom stereocenters. The standard InChI is InChI=1S/C23H21FN2O6/c1-3-23(31)15-8-16-18-17(9-26(16)21(29)14(15)10-32-22(23)30)25(2)19-11(4-5-27)6-12(24)7-13(19)20(18)28/h6-8,27,31H,3-5,9-10H2,1-2H3/t23-/m0/s1. The zero-order valence-corrected chi connectivity index (χ0v) is 17.6. The Morgan fingerprint density at radius 1 is 1.22 bits per heavy atom. The van der Waals surface area contributed by atoms with Gasteiger partial charge in [-0.15, -0.1) is 0 Å². The van der Waals surface area contributed by atoms with Gasteiger partial charge >= 0.3 is 5.97 Å². The van der Waals surface area contributed by atoms with Crippen LogP contribution in [0.5, 0.6) is 0 Å². The molecular weight excluding hydrogens is 419 g/mol. The second-order valence-corrected chi connectivity index (χ2v) is 8.25. The molecule has 5 rings (SSSR count). The Bertz CT molecular complexity index is 1450. The summed E-state index contributed by atoms with van der Waals surface area (Å²) in [7, 11) is 1.73. The molecule has 0 unspecified atom stereocenters. The van der Waals surface area contributed by atoms with Crippen molar-refractivity contribution >= 4 is 16.9 Å². The number of hydrogen-bond donors (Lipinski definition) is 2. The molecule has 2 aliphatic rings. The zero-order valence-electron chi connectivity index (χ0n) is 17.6. The number of fused-ring (bicyclic) bond motifs is 5. The smallest absolute Gasteiger partial charge is 0.343 e. The third-order valence-electron chi connectivity index (χ3n) is 6.64. The molecule has 9 heteroatoms. The van der Waals surface area contributed by atoms with E-state index in [1.807, 2.05) is 0 Å². The van der Waals surface area contributed by atoms with Gasteiger partial charge in [0, 0.05) is 24.6 Å². The highest BCUT2D eigenvalue weighted by Crippen LogP contribution is 2.38. The summed E-state index contributed by atoms with van der Waals surface area (Å²) in [6.07, 6.45) is 0.171. The van der Waals surface area contributed by atoms with Crippen molar-refractivity contribution in [2.75, 3.05) is 6.61 Å². The molecule has 166 valence electrons. The van der Waals surface area contributed by atoms with Crippen molar-refractivity contribution in [2.45, 2.75) is 38.5 Å². The highest BCUT2D eigenvalue weighted by Gasteiger charge is 2.45. The Labute approximate surface area is 181 Å². The van der Waals surface area contributed by atoms with E-state index in [0.717, 1.165) is 6.07 Å². The molecular formula is C23H21FN2O6. The normalized spacial score (nSPS) is 19.0. The number of aromatic nitrogens is 2. The molecule has 4 heterocycles. The van der Waals surface area contributed by atoms with Gasteiger partial charge in [0.2, 0.25) is 0 Å². The lowest BCUT2D eigenvalue weighted by atomic mass is 9.85. The van der Waals surface area contributed by atoms with Crippen molar-refractivity contribution in [3.63, 3.8) is 0 Å². The van der Waals surface area contributed by atoms with Crippen LogP contribution in [0.2, 0.25) is 0 Å². The van der Waals surface area contributed by atoms with Crippen LogP contribution in [0.3, 0.4) is 0 Å². The van der Waals surface area contributed by atoms with Gasteiger partial charge in [0.1, 0.15) is 12.4 Å². The van der Waals surface area contributed by atoms with Crippen molar-refractivity contribution in [3.8, 4) is 11.3 Å². The number of cyclic esters (lactones) is 1. The summed E-state index contributed by atoms with van der Waals surface area (Å²) in [5.74, 6) is -1.43. The minimum absolute atomic E-state index is 0.0000447. The van der Waals surface area contributed by atoms with Crippen LogP contribution in [0.25, 0.3) is 22.2 Å². The first-order valence-corrected chi connectivity index (χ1v) is 10.3. The van der Waals surface area contributed by atoms with Gasteiger partial charge in [-0.1, -0.05) is 6.92 Å². The van der Waals surface area contributed by atoms with Crippen LogP contribution in [-0.2, 0) is 41.8 Å². The predicted molar refractivity (Wildman–Crippen MR) is 113 cm³/mol. The summed E-state index contributed by atoms with van der Waals surface area (Å²) in [5.41, 5.74) is -0.494. The first-order valence-electron chi connectivity index (χ1n) is 10.3. The topological polar surface area (TPSA) is 111 Å². The Hall–Kier alpha value is -3.30. The molecule has 0 amide bonds. The van der Waals surface area contributed by atoms with Crippen LogP contribution in [0.4, 0.5) is 4.39 Å². The number of carbonyl (C=O) groups is 1. The van der Waals surface area contributed by atoms with Gasteiger partial charge in [0.25, 0.3) is 5.56 Å². The van der Waals surface area contributed by atoms with Crippen LogP contribution < -0.4 is 11.0 Å². The summed E-state index contributed by atoms with van der Waals surface area (Å²) in [6.45, 7) is 1.25. The number of aliphatic hydroxyl groups excluding tert-OH is 1. The number of carbonyl (C=O) groups excluding carboxylic acids is 1. The van der Waals surface area contributed by atoms with Gasteiger partial charge in [0.15, 0.2) is 11.0 Å². The van der Waals surface area contributed by atoms with Crippen LogP contribution >= 0.6 is 0 Å². The Morgan fingerprint density at radius 2 is 1.97 bits per heavy atom. The number of benzene rings is 1. The molecule has 0 bridgehead atoms. The Kier molecular flexibility index (Phi) is 4.41. The van der Waals surface area contributed by atoms with E-state index in [1.54, 1.807) is 18.5 Å². The highest BCUT2D eigenvalue weighted by atomic mass is 19.1.